The van der Waals surface area contributed by atoms with Gasteiger partial charge in [-0.2, -0.15) is 0 Å². The lowest BCUT2D eigenvalue weighted by Gasteiger charge is -2.21. The van der Waals surface area contributed by atoms with Gasteiger partial charge in [0.05, 0.1) is 0 Å². The summed E-state index contributed by atoms with van der Waals surface area (Å²) < 4.78 is 7.31. The Balaban J connectivity index is 1.80. The topological polar surface area (TPSA) is 59.7 Å². The monoisotopic (exact) mass is 248 g/mol. The first kappa shape index (κ1) is 11.3. The predicted octanol–water partition coefficient (Wildman–Crippen LogP) is 0.511. The smallest absolute Gasteiger partial charge is 0.251 e. The fourth-order valence-corrected chi connectivity index (χ4v) is 2.49. The summed E-state index contributed by atoms with van der Waals surface area (Å²) in [6.45, 7) is 1.66. The zero-order chi connectivity index (χ0) is 12.5. The second-order valence-electron chi connectivity index (χ2n) is 4.68. The van der Waals surface area contributed by atoms with Gasteiger partial charge in [-0.1, -0.05) is 0 Å². The van der Waals surface area contributed by atoms with Crippen molar-refractivity contribution in [3.8, 4) is 0 Å². The summed E-state index contributed by atoms with van der Waals surface area (Å²) in [4.78, 5) is 22.6. The number of amides is 1. The van der Waals surface area contributed by atoms with Gasteiger partial charge < -0.3 is 14.2 Å². The van der Waals surface area contributed by atoms with E-state index in [0.717, 1.165) is 31.8 Å². The highest BCUT2D eigenvalue weighted by molar-refractivity contribution is 5.85. The molecule has 2 atom stereocenters. The third-order valence-corrected chi connectivity index (χ3v) is 3.50. The van der Waals surface area contributed by atoms with Crippen molar-refractivity contribution in [3.63, 3.8) is 0 Å². The van der Waals surface area contributed by atoms with E-state index in [0.29, 0.717) is 0 Å². The van der Waals surface area contributed by atoms with E-state index in [4.69, 9.17) is 4.74 Å². The number of aromatic nitrogens is 2. The van der Waals surface area contributed by atoms with E-state index in [2.05, 4.69) is 9.98 Å². The summed E-state index contributed by atoms with van der Waals surface area (Å²) in [6.07, 6.45) is 6.69. The predicted molar refractivity (Wildman–Crippen MR) is 65.1 cm³/mol. The summed E-state index contributed by atoms with van der Waals surface area (Å²) in [5.74, 6) is 0.791. The van der Waals surface area contributed by atoms with E-state index in [-0.39, 0.29) is 5.91 Å². The van der Waals surface area contributed by atoms with Crippen LogP contribution >= 0.6 is 0 Å². The number of carbonyl (C=O) groups excluding carboxylic acids is 1. The average Bonchev–Trinajstić information content (AvgIpc) is 3.09. The molecule has 0 aliphatic carbocycles. The molecule has 0 spiro atoms. The van der Waals surface area contributed by atoms with Gasteiger partial charge in [-0.3, -0.25) is 4.79 Å². The molecule has 0 aromatic carbocycles. The number of aliphatic imine (C=N–C) groups is 1. The fraction of sp³-hybridized carbons (Fsp3) is 0.583. The highest BCUT2D eigenvalue weighted by Crippen LogP contribution is 2.27. The van der Waals surface area contributed by atoms with Crippen molar-refractivity contribution < 1.29 is 9.53 Å². The summed E-state index contributed by atoms with van der Waals surface area (Å²) in [5, 5.41) is 0. The van der Waals surface area contributed by atoms with Gasteiger partial charge in [0.25, 0.3) is 5.91 Å². The lowest BCUT2D eigenvalue weighted by Crippen LogP contribution is -2.38. The maximum absolute atomic E-state index is 12.4. The van der Waals surface area contributed by atoms with Crippen LogP contribution in [0.4, 0.5) is 0 Å². The van der Waals surface area contributed by atoms with Crippen LogP contribution in [0.2, 0.25) is 0 Å². The van der Waals surface area contributed by atoms with E-state index in [1.54, 1.807) is 6.20 Å². The Hall–Kier alpha value is -1.85. The van der Waals surface area contributed by atoms with Crippen molar-refractivity contribution in [1.82, 2.24) is 14.5 Å². The summed E-state index contributed by atoms with van der Waals surface area (Å²) in [7, 11) is 1.89. The molecule has 2 unspecified atom stereocenters. The number of likely N-dealkylation sites (tertiary alicyclic amines) is 1. The Bertz CT molecular complexity index is 476. The number of aryl methyl sites for hydroxylation is 1. The SMILES string of the molecule is Cn1ccnc1C1OC=NC1C(=O)N1CCCC1. The minimum Gasteiger partial charge on any atom is -0.470 e. The van der Waals surface area contributed by atoms with Gasteiger partial charge in [0.15, 0.2) is 24.4 Å². The molecular formula is C12H16N4O2. The molecule has 1 aromatic heterocycles. The summed E-state index contributed by atoms with van der Waals surface area (Å²) in [6, 6.07) is -0.482. The number of rotatable bonds is 2. The van der Waals surface area contributed by atoms with E-state index in [1.807, 2.05) is 22.7 Å². The molecule has 1 amide bonds. The molecule has 3 rings (SSSR count). The lowest BCUT2D eigenvalue weighted by atomic mass is 10.1. The van der Waals surface area contributed by atoms with Crippen molar-refractivity contribution >= 4 is 12.3 Å². The van der Waals surface area contributed by atoms with Gasteiger partial charge in [0.1, 0.15) is 0 Å². The van der Waals surface area contributed by atoms with Gasteiger partial charge >= 0.3 is 0 Å². The molecule has 96 valence electrons. The van der Waals surface area contributed by atoms with Crippen LogP contribution in [-0.4, -0.2) is 45.9 Å². The number of nitrogens with zero attached hydrogens (tertiary/aromatic N) is 4. The van der Waals surface area contributed by atoms with Gasteiger partial charge in [-0.05, 0) is 12.8 Å². The molecule has 2 aliphatic rings. The minimum atomic E-state index is -0.482. The van der Waals surface area contributed by atoms with Crippen LogP contribution in [0.5, 0.6) is 0 Å². The second-order valence-corrected chi connectivity index (χ2v) is 4.68. The first-order chi connectivity index (χ1) is 8.77. The average molecular weight is 248 g/mol. The van der Waals surface area contributed by atoms with Crippen molar-refractivity contribution in [2.24, 2.45) is 12.0 Å². The molecule has 1 aromatic rings. The fourth-order valence-electron chi connectivity index (χ4n) is 2.49. The Morgan fingerprint density at radius 3 is 2.89 bits per heavy atom. The number of hydrogen-bond acceptors (Lipinski definition) is 4. The molecule has 3 heterocycles. The molecule has 6 nitrogen and oxygen atoms in total. The Kier molecular flexibility index (Phi) is 2.77. The van der Waals surface area contributed by atoms with Gasteiger partial charge in [-0.15, -0.1) is 0 Å². The second kappa shape index (κ2) is 4.44. The highest BCUT2D eigenvalue weighted by atomic mass is 16.5. The summed E-state index contributed by atoms with van der Waals surface area (Å²) in [5.41, 5.74) is 0. The van der Waals surface area contributed by atoms with Crippen LogP contribution in [0.1, 0.15) is 24.8 Å². The maximum atomic E-state index is 12.4. The molecule has 0 saturated carbocycles. The van der Waals surface area contributed by atoms with Gasteiger partial charge in [0.2, 0.25) is 0 Å². The number of carbonyl (C=O) groups is 1. The quantitative estimate of drug-likeness (QED) is 0.766. The van der Waals surface area contributed by atoms with Crippen LogP contribution in [0.3, 0.4) is 0 Å². The van der Waals surface area contributed by atoms with E-state index in [1.165, 1.54) is 6.40 Å². The first-order valence-corrected chi connectivity index (χ1v) is 6.20. The third kappa shape index (κ3) is 1.77. The molecule has 2 aliphatic heterocycles. The Labute approximate surface area is 105 Å². The van der Waals surface area contributed by atoms with Crippen molar-refractivity contribution in [2.75, 3.05) is 13.1 Å². The minimum absolute atomic E-state index is 0.0502. The maximum Gasteiger partial charge on any atom is 0.251 e. The van der Waals surface area contributed by atoms with Crippen LogP contribution in [0.25, 0.3) is 0 Å². The van der Waals surface area contributed by atoms with Crippen LogP contribution in [0.15, 0.2) is 17.4 Å². The zero-order valence-electron chi connectivity index (χ0n) is 10.3. The van der Waals surface area contributed by atoms with Crippen LogP contribution < -0.4 is 0 Å². The van der Waals surface area contributed by atoms with Crippen LogP contribution in [0, 0.1) is 0 Å². The first-order valence-electron chi connectivity index (χ1n) is 6.20. The van der Waals surface area contributed by atoms with Gasteiger partial charge in [0, 0.05) is 32.5 Å². The third-order valence-electron chi connectivity index (χ3n) is 3.50. The standard InChI is InChI=1S/C12H16N4O2/c1-15-7-4-13-11(15)10-9(14-8-18-10)12(17)16-5-2-3-6-16/h4,7-10H,2-3,5-6H2,1H3. The molecule has 0 N–H and O–H groups in total. The number of ether oxygens (including phenoxy) is 1. The van der Waals surface area contributed by atoms with Crippen molar-refractivity contribution in [3.05, 3.63) is 18.2 Å². The van der Waals surface area contributed by atoms with Crippen LogP contribution in [-0.2, 0) is 16.6 Å². The molecule has 1 saturated heterocycles. The van der Waals surface area contributed by atoms with Crippen molar-refractivity contribution in [1.29, 1.82) is 0 Å². The van der Waals surface area contributed by atoms with E-state index < -0.39 is 12.1 Å². The largest absolute Gasteiger partial charge is 0.470 e. The summed E-state index contributed by atoms with van der Waals surface area (Å²) >= 11 is 0. The van der Waals surface area contributed by atoms with Crippen molar-refractivity contribution in [2.45, 2.75) is 25.0 Å². The van der Waals surface area contributed by atoms with E-state index in [9.17, 15) is 4.79 Å². The van der Waals surface area contributed by atoms with E-state index >= 15 is 0 Å². The Morgan fingerprint density at radius 2 is 2.22 bits per heavy atom. The Morgan fingerprint density at radius 1 is 1.44 bits per heavy atom. The van der Waals surface area contributed by atoms with Gasteiger partial charge in [-0.25, -0.2) is 9.98 Å². The molecule has 18 heavy (non-hydrogen) atoms. The molecule has 0 bridgehead atoms. The zero-order valence-corrected chi connectivity index (χ0v) is 10.3. The molecule has 0 radical (unpaired) electrons. The highest BCUT2D eigenvalue weighted by Gasteiger charge is 2.39. The molecule has 1 fully saturated rings. The normalized spacial score (nSPS) is 26.6. The number of imidazole rings is 1. The number of hydrogen-bond donors (Lipinski definition) is 0. The lowest BCUT2D eigenvalue weighted by molar-refractivity contribution is -0.133. The molecular weight excluding hydrogens is 232 g/mol. The molecule has 6 heteroatoms.